The van der Waals surface area contributed by atoms with Gasteiger partial charge < -0.3 is 0 Å². The number of rotatable bonds is 0. The molecule has 0 amide bonds. The molecule has 0 saturated heterocycles. The van der Waals surface area contributed by atoms with E-state index < -0.39 is 0 Å². The van der Waals surface area contributed by atoms with Gasteiger partial charge in [-0.1, -0.05) is 0 Å². The molecule has 0 bridgehead atoms. The van der Waals surface area contributed by atoms with Crippen molar-refractivity contribution in [3.8, 4) is 0 Å². The predicted octanol–water partition coefficient (Wildman–Crippen LogP) is -1.30. The second-order valence-corrected chi connectivity index (χ2v) is 0. The molecule has 0 rings (SSSR count). The average molecular weight is 162 g/mol. The third kappa shape index (κ3) is 9.96. The Labute approximate surface area is 55.0 Å². The molecule has 0 aromatic carbocycles. The molecule has 28 valence electrons. The molecule has 0 aliphatic rings. The Hall–Kier alpha value is 1.41. The van der Waals surface area contributed by atoms with Crippen molar-refractivity contribution in [1.82, 2.24) is 0 Å². The van der Waals surface area contributed by atoms with Crippen LogP contribution in [0.3, 0.4) is 0 Å². The first-order valence-corrected chi connectivity index (χ1v) is 0. The molecule has 6 radical (unpaired) electrons. The summed E-state index contributed by atoms with van der Waals surface area (Å²) in [5.41, 5.74) is 0. The fraction of sp³-hybridized carbons (Fsp3) is 0. The van der Waals surface area contributed by atoms with Crippen LogP contribution in [0.5, 0.6) is 0 Å². The van der Waals surface area contributed by atoms with Gasteiger partial charge in [0.25, 0.3) is 0 Å². The molecule has 0 unspecified atom stereocenters. The molecular weight excluding hydrogens is 160 g/mol. The molecular formula is H2BeCoCuSi. The third-order valence-electron chi connectivity index (χ3n) is 0. The van der Waals surface area contributed by atoms with E-state index in [2.05, 4.69) is 0 Å². The van der Waals surface area contributed by atoms with E-state index in [4.69, 9.17) is 0 Å². The summed E-state index contributed by atoms with van der Waals surface area (Å²) in [6.45, 7) is 0. The van der Waals surface area contributed by atoms with Crippen molar-refractivity contribution in [2.24, 2.45) is 0 Å². The number of hydrogen-bond donors (Lipinski definition) is 0. The van der Waals surface area contributed by atoms with Gasteiger partial charge >= 0.3 is 10.1 Å². The van der Waals surface area contributed by atoms with E-state index in [1.807, 2.05) is 0 Å². The van der Waals surface area contributed by atoms with Crippen LogP contribution in [0, 0.1) is 0 Å². The maximum atomic E-state index is 0. The van der Waals surface area contributed by atoms with Crippen LogP contribution in [-0.4, -0.2) is 21.1 Å². The molecule has 4 heavy (non-hydrogen) atoms. The van der Waals surface area contributed by atoms with Crippen LogP contribution in [0.15, 0.2) is 0 Å². The van der Waals surface area contributed by atoms with Crippen molar-refractivity contribution in [2.45, 2.75) is 0 Å². The Kier molecular flexibility index (Phi) is 340. The summed E-state index contributed by atoms with van der Waals surface area (Å²) in [7, 11) is 0. The maximum Gasteiger partial charge on any atom is 0 e. The summed E-state index contributed by atoms with van der Waals surface area (Å²) in [4.78, 5) is 0. The van der Waals surface area contributed by atoms with Crippen molar-refractivity contribution < 1.29 is 33.8 Å². The minimum absolute atomic E-state index is 0. The maximum absolute atomic E-state index is 0. The first-order valence-electron chi connectivity index (χ1n) is 0. The molecule has 0 heterocycles. The van der Waals surface area contributed by atoms with Gasteiger partial charge in [0.15, 0.2) is 0 Å². The van der Waals surface area contributed by atoms with Crippen molar-refractivity contribution in [3.05, 3.63) is 0 Å². The summed E-state index contributed by atoms with van der Waals surface area (Å²) >= 11 is 0. The Bertz CT molecular complexity index is 8.00. The molecule has 0 aromatic rings. The van der Waals surface area contributed by atoms with Crippen LogP contribution in [0.2, 0.25) is 0 Å². The minimum atomic E-state index is 0. The van der Waals surface area contributed by atoms with E-state index in [9.17, 15) is 0 Å². The van der Waals surface area contributed by atoms with E-state index in [1.54, 1.807) is 0 Å². The van der Waals surface area contributed by atoms with Crippen LogP contribution in [-0.2, 0) is 33.8 Å². The summed E-state index contributed by atoms with van der Waals surface area (Å²) < 4.78 is 0. The Balaban J connectivity index is 0. The van der Waals surface area contributed by atoms with E-state index in [1.165, 1.54) is 0 Å². The fourth-order valence-electron chi connectivity index (χ4n) is 0. The average Bonchev–Trinajstić information content (AvgIpc) is 0. The Morgan fingerprint density at radius 3 is 1.00 bits per heavy atom. The van der Waals surface area contributed by atoms with Crippen LogP contribution in [0.4, 0.5) is 0 Å². The smallest absolute Gasteiger partial charge is 0 e. The van der Waals surface area contributed by atoms with Crippen LogP contribution in [0.1, 0.15) is 0 Å². The van der Waals surface area contributed by atoms with E-state index in [0.29, 0.717) is 0 Å². The molecule has 0 spiro atoms. The third-order valence-corrected chi connectivity index (χ3v) is 0. The SMILES string of the molecule is [BeH2].[Co].[Cu].[Si]. The van der Waals surface area contributed by atoms with Gasteiger partial charge in [0.05, 0.1) is 0 Å². The topological polar surface area (TPSA) is 0 Å². The second kappa shape index (κ2) is 25.8. The van der Waals surface area contributed by atoms with Gasteiger partial charge in [-0.3, -0.25) is 0 Å². The zero-order chi connectivity index (χ0) is 0. The summed E-state index contributed by atoms with van der Waals surface area (Å²) in [5.74, 6) is 0. The number of hydrogen-bond acceptors (Lipinski definition) is 0. The first-order chi connectivity index (χ1) is 0. The van der Waals surface area contributed by atoms with Crippen LogP contribution in [0.25, 0.3) is 0 Å². The minimum Gasteiger partial charge on any atom is 0 e. The Morgan fingerprint density at radius 1 is 1.00 bits per heavy atom. The molecule has 0 aliphatic heterocycles. The van der Waals surface area contributed by atoms with Crippen LogP contribution >= 0.6 is 0 Å². The second-order valence-electron chi connectivity index (χ2n) is 0. The van der Waals surface area contributed by atoms with Gasteiger partial charge in [-0.25, -0.2) is 0 Å². The summed E-state index contributed by atoms with van der Waals surface area (Å²) in [5, 5.41) is 0. The van der Waals surface area contributed by atoms with E-state index in [-0.39, 0.29) is 54.9 Å². The van der Waals surface area contributed by atoms with Gasteiger partial charge in [0.2, 0.25) is 0 Å². The van der Waals surface area contributed by atoms with Crippen molar-refractivity contribution >= 4 is 21.1 Å². The van der Waals surface area contributed by atoms with Gasteiger partial charge in [0.1, 0.15) is 0 Å². The monoisotopic (exact) mass is 161 g/mol. The normalized spacial score (nSPS) is 0. The quantitative estimate of drug-likeness (QED) is 0.388. The first kappa shape index (κ1) is 52.9. The molecule has 0 saturated carbocycles. The molecule has 0 aliphatic carbocycles. The van der Waals surface area contributed by atoms with Crippen molar-refractivity contribution in [3.63, 3.8) is 0 Å². The standard InChI is InChI=1S/Be.Co.Cu.Si.2H. The van der Waals surface area contributed by atoms with Gasteiger partial charge in [0, 0.05) is 44.8 Å². The van der Waals surface area contributed by atoms with Crippen molar-refractivity contribution in [1.29, 1.82) is 0 Å². The van der Waals surface area contributed by atoms with Crippen molar-refractivity contribution in [2.75, 3.05) is 0 Å². The van der Waals surface area contributed by atoms with E-state index in [0.717, 1.165) is 0 Å². The molecule has 4 heteroatoms. The zero-order valence-electron chi connectivity index (χ0n) is 1.13. The van der Waals surface area contributed by atoms with Gasteiger partial charge in [-0.05, 0) is 0 Å². The summed E-state index contributed by atoms with van der Waals surface area (Å²) in [6.07, 6.45) is 0. The molecule has 0 fully saturated rings. The van der Waals surface area contributed by atoms with Crippen LogP contribution < -0.4 is 0 Å². The largest absolute Gasteiger partial charge is 0 e. The van der Waals surface area contributed by atoms with Gasteiger partial charge in [-0.2, -0.15) is 0 Å². The predicted molar refractivity (Wildman–Crippen MR) is 14.3 cm³/mol. The molecule has 0 N–H and O–H groups in total. The zero-order valence-corrected chi connectivity index (χ0v) is 4.12. The van der Waals surface area contributed by atoms with E-state index >= 15 is 0 Å². The molecule has 0 nitrogen and oxygen atoms in total. The summed E-state index contributed by atoms with van der Waals surface area (Å²) in [6, 6.07) is 0. The molecule has 0 aromatic heterocycles. The van der Waals surface area contributed by atoms with Gasteiger partial charge in [-0.15, -0.1) is 0 Å². The Morgan fingerprint density at radius 2 is 1.00 bits per heavy atom. The fourth-order valence-corrected chi connectivity index (χ4v) is 0. The molecule has 0 atom stereocenters.